The third kappa shape index (κ3) is 11.1. The molecular formula is C53H43BrO10. The first-order valence-electron chi connectivity index (χ1n) is 20.6. The normalized spacial score (nSPS) is 10.9. The zero-order valence-electron chi connectivity index (χ0n) is 35.1. The molecule has 0 fully saturated rings. The molecule has 0 aliphatic carbocycles. The molecule has 64 heavy (non-hydrogen) atoms. The number of rotatable bonds is 12. The highest BCUT2D eigenvalue weighted by Gasteiger charge is 2.09. The van der Waals surface area contributed by atoms with Crippen LogP contribution < -0.4 is 19.8 Å². The number of halogens is 1. The van der Waals surface area contributed by atoms with E-state index >= 15 is 0 Å². The summed E-state index contributed by atoms with van der Waals surface area (Å²) in [6.45, 7) is 5.13. The van der Waals surface area contributed by atoms with E-state index in [2.05, 4.69) is 15.9 Å². The number of benzene rings is 6. The van der Waals surface area contributed by atoms with Crippen LogP contribution in [0.4, 0.5) is 0 Å². The van der Waals surface area contributed by atoms with Gasteiger partial charge in [0.15, 0.2) is 0 Å². The molecule has 0 spiro atoms. The minimum Gasteiger partial charge on any atom is -0.489 e. The third-order valence-electron chi connectivity index (χ3n) is 9.94. The minimum absolute atomic E-state index is 0.327. The Morgan fingerprint density at radius 1 is 0.516 bits per heavy atom. The Balaban J connectivity index is 0.000000147. The van der Waals surface area contributed by atoms with Gasteiger partial charge in [-0.1, -0.05) is 82.7 Å². The van der Waals surface area contributed by atoms with Gasteiger partial charge in [0.25, 0.3) is 0 Å². The molecule has 0 aliphatic heterocycles. The summed E-state index contributed by atoms with van der Waals surface area (Å²) in [4.78, 5) is 23.1. The number of hydrogen-bond acceptors (Lipinski definition) is 10. The Morgan fingerprint density at radius 3 is 1.53 bits per heavy atom. The zero-order chi connectivity index (χ0) is 44.3. The van der Waals surface area contributed by atoms with Crippen LogP contribution in [0, 0.1) is 6.92 Å². The van der Waals surface area contributed by atoms with E-state index < -0.39 is 0 Å². The van der Waals surface area contributed by atoms with E-state index in [1.54, 1.807) is 37.3 Å². The fraction of sp³-hybridized carbons (Fsp3) is 0.132. The van der Waals surface area contributed by atoms with Crippen molar-refractivity contribution in [3.8, 4) is 17.2 Å². The van der Waals surface area contributed by atoms with E-state index in [0.29, 0.717) is 49.1 Å². The maximum atomic E-state index is 11.6. The molecule has 11 heteroatoms. The van der Waals surface area contributed by atoms with E-state index in [0.717, 1.165) is 72.4 Å². The molecule has 10 rings (SSSR count). The average molecular weight is 920 g/mol. The van der Waals surface area contributed by atoms with E-state index in [4.69, 9.17) is 36.6 Å². The molecule has 0 aliphatic rings. The molecule has 0 unspecified atom stereocenters. The van der Waals surface area contributed by atoms with Crippen LogP contribution in [0.2, 0.25) is 0 Å². The number of alkyl halides is 1. The van der Waals surface area contributed by atoms with Gasteiger partial charge >= 0.3 is 11.6 Å². The van der Waals surface area contributed by atoms with Crippen LogP contribution in [0.3, 0.4) is 0 Å². The van der Waals surface area contributed by atoms with Crippen molar-refractivity contribution in [2.45, 2.75) is 39.0 Å². The molecule has 0 N–H and O–H groups in total. The maximum absolute atomic E-state index is 11.6. The molecule has 0 atom stereocenters. The van der Waals surface area contributed by atoms with Crippen LogP contribution in [0.15, 0.2) is 186 Å². The van der Waals surface area contributed by atoms with Gasteiger partial charge in [0.1, 0.15) is 76.7 Å². The molecule has 4 heterocycles. The number of fused-ring (bicyclic) bond motifs is 4. The van der Waals surface area contributed by atoms with Crippen LogP contribution >= 0.6 is 15.9 Å². The monoisotopic (exact) mass is 918 g/mol. The van der Waals surface area contributed by atoms with Crippen molar-refractivity contribution in [1.29, 1.82) is 0 Å². The highest BCUT2D eigenvalue weighted by atomic mass is 79.9. The van der Waals surface area contributed by atoms with E-state index in [1.165, 1.54) is 11.5 Å². The summed E-state index contributed by atoms with van der Waals surface area (Å²) in [6, 6.07) is 51.3. The highest BCUT2D eigenvalue weighted by Crippen LogP contribution is 2.26. The van der Waals surface area contributed by atoms with Crippen LogP contribution in [-0.2, 0) is 29.9 Å². The molecule has 0 radical (unpaired) electrons. The summed E-state index contributed by atoms with van der Waals surface area (Å²) in [5.74, 6) is 4.27. The fourth-order valence-corrected chi connectivity index (χ4v) is 7.05. The molecular weight excluding hydrogens is 876 g/mol. The topological polar surface area (TPSA) is 124 Å². The lowest BCUT2D eigenvalue weighted by atomic mass is 10.1. The third-order valence-corrected chi connectivity index (χ3v) is 10.5. The molecule has 4 aromatic heterocycles. The smallest absolute Gasteiger partial charge is 0.338 e. The molecule has 10 aromatic rings. The molecule has 0 saturated heterocycles. The second-order valence-corrected chi connectivity index (χ2v) is 15.1. The van der Waals surface area contributed by atoms with Crippen molar-refractivity contribution in [3.63, 3.8) is 0 Å². The maximum Gasteiger partial charge on any atom is 0.338 e. The Labute approximate surface area is 376 Å². The van der Waals surface area contributed by atoms with Crippen molar-refractivity contribution in [1.82, 2.24) is 0 Å². The SMILES string of the molecule is BrCc1cc2ccccc2o1.CCOC(=O)c1ccc(OCc2cc3ccccc3o2)cc1.Cc1cc(=O)oc2cc(OCc3ccc(OCc4cc5ccccc5o4)cc3)ccc12. The number of carbonyl (C=O) groups is 1. The Morgan fingerprint density at radius 2 is 1.00 bits per heavy atom. The van der Waals surface area contributed by atoms with Gasteiger partial charge in [-0.15, -0.1) is 0 Å². The fourth-order valence-electron chi connectivity index (χ4n) is 6.77. The van der Waals surface area contributed by atoms with Gasteiger partial charge in [0.2, 0.25) is 0 Å². The van der Waals surface area contributed by atoms with E-state index in [-0.39, 0.29) is 11.6 Å². The minimum atomic E-state index is -0.361. The Kier molecular flexibility index (Phi) is 13.9. The van der Waals surface area contributed by atoms with Crippen LogP contribution in [0.5, 0.6) is 17.2 Å². The summed E-state index contributed by atoms with van der Waals surface area (Å²) in [7, 11) is 0. The molecule has 10 nitrogen and oxygen atoms in total. The first-order valence-corrected chi connectivity index (χ1v) is 21.7. The quantitative estimate of drug-likeness (QED) is 0.0664. The van der Waals surface area contributed by atoms with Gasteiger partial charge < -0.3 is 36.6 Å². The first kappa shape index (κ1) is 43.2. The standard InChI is InChI=1S/C26H20O5.C18H16O4.C9H7BrO/c1-17-12-26(27)31-25-14-21(10-11-23(17)25)28-15-18-6-8-20(9-7-18)29-16-22-13-19-4-2-3-5-24(19)30-22;1-2-20-18(19)13-7-9-15(10-8-13)21-12-16-11-14-5-3-4-6-17(14)22-16;10-6-8-5-7-3-1-2-4-9(7)11-8/h2-14H,15-16H2,1H3;3-11H,2,12H2,1H3;1-5H,6H2. The van der Waals surface area contributed by atoms with Crippen LogP contribution in [0.1, 0.15) is 45.7 Å². The van der Waals surface area contributed by atoms with Gasteiger partial charge in [-0.05, 0) is 110 Å². The lowest BCUT2D eigenvalue weighted by Gasteiger charge is -2.09. The Bertz CT molecular complexity index is 3080. The van der Waals surface area contributed by atoms with Crippen molar-refractivity contribution >= 4 is 65.8 Å². The number of ether oxygens (including phenoxy) is 4. The largest absolute Gasteiger partial charge is 0.489 e. The van der Waals surface area contributed by atoms with Crippen molar-refractivity contribution in [3.05, 3.63) is 208 Å². The van der Waals surface area contributed by atoms with Gasteiger partial charge in [-0.25, -0.2) is 9.59 Å². The second-order valence-electron chi connectivity index (χ2n) is 14.5. The van der Waals surface area contributed by atoms with Crippen LogP contribution in [-0.4, -0.2) is 12.6 Å². The number of para-hydroxylation sites is 3. The summed E-state index contributed by atoms with van der Waals surface area (Å²) >= 11 is 3.34. The molecule has 0 saturated carbocycles. The van der Waals surface area contributed by atoms with Gasteiger partial charge in [-0.3, -0.25) is 0 Å². The lowest BCUT2D eigenvalue weighted by molar-refractivity contribution is 0.0526. The molecule has 0 bridgehead atoms. The highest BCUT2D eigenvalue weighted by molar-refractivity contribution is 9.08. The van der Waals surface area contributed by atoms with E-state index in [1.807, 2.05) is 134 Å². The number of furan rings is 3. The summed E-state index contributed by atoms with van der Waals surface area (Å²) in [5, 5.41) is 4.97. The predicted molar refractivity (Wildman–Crippen MR) is 250 cm³/mol. The molecule has 6 aromatic carbocycles. The average Bonchev–Trinajstić information content (AvgIpc) is 4.07. The van der Waals surface area contributed by atoms with Crippen molar-refractivity contribution < 1.29 is 41.4 Å². The second kappa shape index (κ2) is 20.6. The van der Waals surface area contributed by atoms with Gasteiger partial charge in [0, 0.05) is 33.7 Å². The van der Waals surface area contributed by atoms with Crippen molar-refractivity contribution in [2.75, 3.05) is 6.61 Å². The summed E-state index contributed by atoms with van der Waals surface area (Å²) < 4.78 is 44.5. The van der Waals surface area contributed by atoms with E-state index in [9.17, 15) is 9.59 Å². The Hall–Kier alpha value is -7.50. The number of carbonyl (C=O) groups excluding carboxylic acids is 1. The van der Waals surface area contributed by atoms with Gasteiger partial charge in [0.05, 0.1) is 17.5 Å². The first-order chi connectivity index (χ1) is 31.3. The number of aryl methyl sites for hydroxylation is 1. The van der Waals surface area contributed by atoms with Crippen LogP contribution in [0.25, 0.3) is 43.9 Å². The van der Waals surface area contributed by atoms with Crippen molar-refractivity contribution in [2.24, 2.45) is 0 Å². The zero-order valence-corrected chi connectivity index (χ0v) is 36.7. The van der Waals surface area contributed by atoms with Gasteiger partial charge in [-0.2, -0.15) is 0 Å². The number of esters is 1. The molecule has 0 amide bonds. The summed E-state index contributed by atoms with van der Waals surface area (Å²) in [5.41, 5.74) is 5.23. The lowest BCUT2D eigenvalue weighted by Crippen LogP contribution is -2.04. The number of hydrogen-bond donors (Lipinski definition) is 0. The molecule has 322 valence electrons. The summed E-state index contributed by atoms with van der Waals surface area (Å²) in [6.07, 6.45) is 0. The predicted octanol–water partition coefficient (Wildman–Crippen LogP) is 13.5.